The number of ether oxygens (including phenoxy) is 2. The number of carbonyl (C=O) groups is 2. The van der Waals surface area contributed by atoms with Crippen molar-refractivity contribution in [3.63, 3.8) is 0 Å². The van der Waals surface area contributed by atoms with Gasteiger partial charge in [-0.25, -0.2) is 14.5 Å². The Morgan fingerprint density at radius 2 is 1.45 bits per heavy atom. The summed E-state index contributed by atoms with van der Waals surface area (Å²) in [6.07, 6.45) is -1.43. The molecule has 0 aliphatic heterocycles. The third-order valence-electron chi connectivity index (χ3n) is 2.58. The number of hydrogen-bond donors (Lipinski definition) is 1. The lowest BCUT2D eigenvalue weighted by atomic mass is 10.1. The van der Waals surface area contributed by atoms with Crippen LogP contribution in [0, 0.1) is 0 Å². The predicted octanol–water partition coefficient (Wildman–Crippen LogP) is 2.26. The second-order valence-electron chi connectivity index (χ2n) is 4.00. The fourth-order valence-electron chi connectivity index (χ4n) is 1.57. The molecule has 110 valence electrons. The molecule has 0 saturated heterocycles. The van der Waals surface area contributed by atoms with Gasteiger partial charge in [0.1, 0.15) is 0 Å². The zero-order chi connectivity index (χ0) is 15.0. The van der Waals surface area contributed by atoms with E-state index in [4.69, 9.17) is 15.2 Å². The molecule has 0 heterocycles. The average molecular weight is 280 g/mol. The molecular formula is C14H20N2O4. The van der Waals surface area contributed by atoms with Gasteiger partial charge in [0.15, 0.2) is 0 Å². The van der Waals surface area contributed by atoms with Gasteiger partial charge in [-0.1, -0.05) is 24.3 Å². The molecule has 2 amide bonds. The van der Waals surface area contributed by atoms with E-state index in [1.165, 1.54) is 0 Å². The summed E-state index contributed by atoms with van der Waals surface area (Å²) in [6.45, 7) is 4.29. The summed E-state index contributed by atoms with van der Waals surface area (Å²) >= 11 is 0. The molecular weight excluding hydrogens is 260 g/mol. The first-order valence-electron chi connectivity index (χ1n) is 6.51. The van der Waals surface area contributed by atoms with Gasteiger partial charge in [0.2, 0.25) is 0 Å². The van der Waals surface area contributed by atoms with Crippen molar-refractivity contribution in [3.8, 4) is 0 Å². The fraction of sp³-hybridized carbons (Fsp3) is 0.429. The SMILES string of the molecule is CCOC(=O)N(Cc1ccc(CN)cc1)C(=O)OCC. The Labute approximate surface area is 118 Å². The van der Waals surface area contributed by atoms with Crippen molar-refractivity contribution in [2.24, 2.45) is 5.73 Å². The third-order valence-corrected chi connectivity index (χ3v) is 2.58. The Balaban J connectivity index is 2.81. The Bertz CT molecular complexity index is 427. The van der Waals surface area contributed by atoms with E-state index in [2.05, 4.69) is 0 Å². The third kappa shape index (κ3) is 4.55. The number of nitrogens with two attached hydrogens (primary N) is 1. The average Bonchev–Trinajstić information content (AvgIpc) is 2.45. The van der Waals surface area contributed by atoms with Crippen LogP contribution in [0.1, 0.15) is 25.0 Å². The molecule has 0 spiro atoms. The van der Waals surface area contributed by atoms with Gasteiger partial charge in [0.25, 0.3) is 0 Å². The van der Waals surface area contributed by atoms with Gasteiger partial charge in [0.05, 0.1) is 19.8 Å². The highest BCUT2D eigenvalue weighted by molar-refractivity contribution is 5.87. The molecule has 0 atom stereocenters. The monoisotopic (exact) mass is 280 g/mol. The summed E-state index contributed by atoms with van der Waals surface area (Å²) in [5.74, 6) is 0. The van der Waals surface area contributed by atoms with E-state index >= 15 is 0 Å². The minimum absolute atomic E-state index is 0.0997. The maximum absolute atomic E-state index is 11.8. The van der Waals surface area contributed by atoms with Gasteiger partial charge >= 0.3 is 12.2 Å². The molecule has 6 heteroatoms. The molecule has 0 aliphatic carbocycles. The predicted molar refractivity (Wildman–Crippen MR) is 73.9 cm³/mol. The molecule has 6 nitrogen and oxygen atoms in total. The second-order valence-corrected chi connectivity index (χ2v) is 4.00. The van der Waals surface area contributed by atoms with E-state index in [1.807, 2.05) is 24.3 Å². The molecule has 1 aromatic carbocycles. The summed E-state index contributed by atoms with van der Waals surface area (Å²) < 4.78 is 9.71. The largest absolute Gasteiger partial charge is 0.449 e. The lowest BCUT2D eigenvalue weighted by Crippen LogP contribution is -2.37. The summed E-state index contributed by atoms with van der Waals surface area (Å²) in [5.41, 5.74) is 7.29. The van der Waals surface area contributed by atoms with Crippen LogP contribution in [-0.2, 0) is 22.6 Å². The molecule has 0 bridgehead atoms. The van der Waals surface area contributed by atoms with Crippen LogP contribution < -0.4 is 5.73 Å². The highest BCUT2D eigenvalue weighted by Gasteiger charge is 2.24. The minimum Gasteiger partial charge on any atom is -0.449 e. The number of hydrogen-bond acceptors (Lipinski definition) is 5. The molecule has 0 aromatic heterocycles. The molecule has 0 radical (unpaired) electrons. The van der Waals surface area contributed by atoms with Crippen LogP contribution in [0.25, 0.3) is 0 Å². The molecule has 0 unspecified atom stereocenters. The van der Waals surface area contributed by atoms with Crippen LogP contribution in [0.15, 0.2) is 24.3 Å². The van der Waals surface area contributed by atoms with E-state index in [9.17, 15) is 9.59 Å². The van der Waals surface area contributed by atoms with Crippen LogP contribution >= 0.6 is 0 Å². The molecule has 1 rings (SSSR count). The number of carbonyl (C=O) groups excluding carboxylic acids is 2. The molecule has 20 heavy (non-hydrogen) atoms. The van der Waals surface area contributed by atoms with E-state index < -0.39 is 12.2 Å². The van der Waals surface area contributed by atoms with Crippen molar-refractivity contribution in [1.82, 2.24) is 4.90 Å². The highest BCUT2D eigenvalue weighted by atomic mass is 16.6. The maximum Gasteiger partial charge on any atom is 0.419 e. The van der Waals surface area contributed by atoms with Crippen molar-refractivity contribution >= 4 is 12.2 Å². The smallest absolute Gasteiger partial charge is 0.419 e. The molecule has 0 fully saturated rings. The van der Waals surface area contributed by atoms with Gasteiger partial charge in [-0.15, -0.1) is 0 Å². The summed E-state index contributed by atoms with van der Waals surface area (Å²) in [7, 11) is 0. The number of amides is 2. The number of benzene rings is 1. The topological polar surface area (TPSA) is 81.9 Å². The van der Waals surface area contributed by atoms with Crippen molar-refractivity contribution in [1.29, 1.82) is 0 Å². The van der Waals surface area contributed by atoms with Crippen LogP contribution in [0.4, 0.5) is 9.59 Å². The second kappa shape index (κ2) is 8.16. The van der Waals surface area contributed by atoms with Gasteiger partial charge in [-0.05, 0) is 25.0 Å². The maximum atomic E-state index is 11.8. The quantitative estimate of drug-likeness (QED) is 0.894. The van der Waals surface area contributed by atoms with E-state index in [0.717, 1.165) is 16.0 Å². The van der Waals surface area contributed by atoms with Gasteiger partial charge < -0.3 is 15.2 Å². The first-order valence-corrected chi connectivity index (χ1v) is 6.51. The zero-order valence-corrected chi connectivity index (χ0v) is 11.8. The lowest BCUT2D eigenvalue weighted by molar-refractivity contribution is 0.0790. The lowest BCUT2D eigenvalue weighted by Gasteiger charge is -2.19. The number of nitrogens with zero attached hydrogens (tertiary/aromatic N) is 1. The summed E-state index contributed by atoms with van der Waals surface area (Å²) in [6, 6.07) is 7.33. The van der Waals surface area contributed by atoms with Crippen LogP contribution in [0.5, 0.6) is 0 Å². The normalized spacial score (nSPS) is 9.95. The van der Waals surface area contributed by atoms with Crippen LogP contribution in [0.2, 0.25) is 0 Å². The van der Waals surface area contributed by atoms with Crippen LogP contribution in [-0.4, -0.2) is 30.3 Å². The first-order chi connectivity index (χ1) is 9.62. The molecule has 0 saturated carbocycles. The van der Waals surface area contributed by atoms with Gasteiger partial charge in [-0.2, -0.15) is 0 Å². The van der Waals surface area contributed by atoms with Gasteiger partial charge in [-0.3, -0.25) is 0 Å². The highest BCUT2D eigenvalue weighted by Crippen LogP contribution is 2.10. The van der Waals surface area contributed by atoms with Crippen molar-refractivity contribution in [2.45, 2.75) is 26.9 Å². The van der Waals surface area contributed by atoms with Gasteiger partial charge in [0, 0.05) is 6.54 Å². The Morgan fingerprint density at radius 3 is 1.85 bits per heavy atom. The van der Waals surface area contributed by atoms with Crippen molar-refractivity contribution in [2.75, 3.05) is 13.2 Å². The fourth-order valence-corrected chi connectivity index (χ4v) is 1.57. The van der Waals surface area contributed by atoms with E-state index in [-0.39, 0.29) is 19.8 Å². The van der Waals surface area contributed by atoms with Crippen LogP contribution in [0.3, 0.4) is 0 Å². The number of imide groups is 1. The molecule has 0 aliphatic rings. The molecule has 1 aromatic rings. The van der Waals surface area contributed by atoms with E-state index in [1.54, 1.807) is 13.8 Å². The zero-order valence-electron chi connectivity index (χ0n) is 11.8. The minimum atomic E-state index is -0.714. The van der Waals surface area contributed by atoms with E-state index in [0.29, 0.717) is 6.54 Å². The first kappa shape index (κ1) is 16.0. The van der Waals surface area contributed by atoms with Crippen molar-refractivity contribution < 1.29 is 19.1 Å². The molecule has 2 N–H and O–H groups in total. The van der Waals surface area contributed by atoms with Crippen molar-refractivity contribution in [3.05, 3.63) is 35.4 Å². The number of rotatable bonds is 5. The summed E-state index contributed by atoms with van der Waals surface area (Å²) in [4.78, 5) is 24.5. The Hall–Kier alpha value is -2.08. The Kier molecular flexibility index (Phi) is 6.52. The summed E-state index contributed by atoms with van der Waals surface area (Å²) in [5, 5.41) is 0. The Morgan fingerprint density at radius 1 is 1.00 bits per heavy atom. The standard InChI is InChI=1S/C14H20N2O4/c1-3-19-13(17)16(14(18)20-4-2)10-12-7-5-11(9-15)6-8-12/h5-8H,3-4,9-10,15H2,1-2H3.